The van der Waals surface area contributed by atoms with Crippen molar-refractivity contribution in [3.8, 4) is 0 Å². The number of carbonyl (C=O) groups is 1. The van der Waals surface area contributed by atoms with Gasteiger partial charge in [0.15, 0.2) is 0 Å². The van der Waals surface area contributed by atoms with Gasteiger partial charge in [0, 0.05) is 22.8 Å². The standard InChI is InChI=1S/C12H16BrN3O/c13-8-1-6-11(15-7-8)12(17)16-10-4-2-9(14)3-5-10/h1,6-7,9-10H,2-5,14H2,(H,16,17). The average molecular weight is 298 g/mol. The molecular weight excluding hydrogens is 282 g/mol. The van der Waals surface area contributed by atoms with Gasteiger partial charge in [-0.05, 0) is 53.7 Å². The Labute approximate surface area is 109 Å². The van der Waals surface area contributed by atoms with Crippen LogP contribution in [0.2, 0.25) is 0 Å². The Morgan fingerprint density at radius 1 is 1.35 bits per heavy atom. The number of hydrogen-bond donors (Lipinski definition) is 2. The summed E-state index contributed by atoms with van der Waals surface area (Å²) >= 11 is 3.29. The van der Waals surface area contributed by atoms with Gasteiger partial charge in [-0.1, -0.05) is 0 Å². The molecule has 0 bridgehead atoms. The van der Waals surface area contributed by atoms with Crippen molar-refractivity contribution >= 4 is 21.8 Å². The second-order valence-corrected chi connectivity index (χ2v) is 5.36. The Bertz CT molecular complexity index is 385. The predicted octanol–water partition coefficient (Wildman–Crippen LogP) is 1.84. The van der Waals surface area contributed by atoms with E-state index >= 15 is 0 Å². The lowest BCUT2D eigenvalue weighted by atomic mass is 9.92. The third-order valence-corrected chi connectivity index (χ3v) is 3.54. The molecule has 0 spiro atoms. The van der Waals surface area contributed by atoms with E-state index in [1.54, 1.807) is 12.3 Å². The second kappa shape index (κ2) is 5.60. The summed E-state index contributed by atoms with van der Waals surface area (Å²) in [5.74, 6) is -0.0991. The molecule has 1 saturated carbocycles. The van der Waals surface area contributed by atoms with Gasteiger partial charge >= 0.3 is 0 Å². The first-order valence-corrected chi connectivity index (χ1v) is 6.62. The monoisotopic (exact) mass is 297 g/mol. The molecule has 1 aliphatic rings. The molecule has 17 heavy (non-hydrogen) atoms. The van der Waals surface area contributed by atoms with Crippen LogP contribution < -0.4 is 11.1 Å². The number of amides is 1. The highest BCUT2D eigenvalue weighted by Gasteiger charge is 2.20. The summed E-state index contributed by atoms with van der Waals surface area (Å²) < 4.78 is 0.873. The highest BCUT2D eigenvalue weighted by molar-refractivity contribution is 9.10. The maximum Gasteiger partial charge on any atom is 0.270 e. The summed E-state index contributed by atoms with van der Waals surface area (Å²) in [5.41, 5.74) is 6.29. The van der Waals surface area contributed by atoms with Crippen LogP contribution in [0, 0.1) is 0 Å². The van der Waals surface area contributed by atoms with Gasteiger partial charge < -0.3 is 11.1 Å². The normalized spacial score (nSPS) is 24.4. The lowest BCUT2D eigenvalue weighted by Crippen LogP contribution is -2.40. The van der Waals surface area contributed by atoms with Crippen molar-refractivity contribution in [2.45, 2.75) is 37.8 Å². The summed E-state index contributed by atoms with van der Waals surface area (Å²) in [4.78, 5) is 16.0. The van der Waals surface area contributed by atoms with Gasteiger partial charge in [0.25, 0.3) is 5.91 Å². The number of carbonyl (C=O) groups excluding carboxylic acids is 1. The Kier molecular flexibility index (Phi) is 4.12. The molecule has 1 fully saturated rings. The Hall–Kier alpha value is -0.940. The van der Waals surface area contributed by atoms with Crippen LogP contribution in [0.15, 0.2) is 22.8 Å². The molecule has 0 aromatic carbocycles. The molecule has 1 aliphatic carbocycles. The number of halogens is 1. The van der Waals surface area contributed by atoms with Gasteiger partial charge in [-0.25, -0.2) is 4.98 Å². The average Bonchev–Trinajstić information content (AvgIpc) is 2.33. The first-order chi connectivity index (χ1) is 8.15. The van der Waals surface area contributed by atoms with Gasteiger partial charge in [0.1, 0.15) is 5.69 Å². The quantitative estimate of drug-likeness (QED) is 0.875. The summed E-state index contributed by atoms with van der Waals surface area (Å²) in [6.07, 6.45) is 5.52. The van der Waals surface area contributed by atoms with Crippen LogP contribution in [0.1, 0.15) is 36.2 Å². The maximum atomic E-state index is 11.9. The molecule has 1 heterocycles. The van der Waals surface area contributed by atoms with E-state index < -0.39 is 0 Å². The van der Waals surface area contributed by atoms with E-state index in [1.165, 1.54) is 0 Å². The third kappa shape index (κ3) is 3.51. The van der Waals surface area contributed by atoms with Crippen molar-refractivity contribution in [1.29, 1.82) is 0 Å². The minimum Gasteiger partial charge on any atom is -0.348 e. The number of hydrogen-bond acceptors (Lipinski definition) is 3. The molecule has 0 aliphatic heterocycles. The van der Waals surface area contributed by atoms with Crippen LogP contribution in [-0.4, -0.2) is 23.0 Å². The molecule has 0 unspecified atom stereocenters. The van der Waals surface area contributed by atoms with Crippen molar-refractivity contribution in [3.05, 3.63) is 28.5 Å². The van der Waals surface area contributed by atoms with Crippen LogP contribution in [0.3, 0.4) is 0 Å². The molecule has 1 aromatic heterocycles. The van der Waals surface area contributed by atoms with Crippen LogP contribution >= 0.6 is 15.9 Å². The van der Waals surface area contributed by atoms with Crippen molar-refractivity contribution < 1.29 is 4.79 Å². The minimum atomic E-state index is -0.0991. The molecule has 3 N–H and O–H groups in total. The van der Waals surface area contributed by atoms with E-state index in [2.05, 4.69) is 26.2 Å². The number of aromatic nitrogens is 1. The maximum absolute atomic E-state index is 11.9. The third-order valence-electron chi connectivity index (χ3n) is 3.07. The molecule has 1 amide bonds. The van der Waals surface area contributed by atoms with Crippen LogP contribution in [-0.2, 0) is 0 Å². The molecule has 2 rings (SSSR count). The largest absolute Gasteiger partial charge is 0.348 e. The fourth-order valence-corrected chi connectivity index (χ4v) is 2.27. The molecule has 4 nitrogen and oxygen atoms in total. The van der Waals surface area contributed by atoms with Gasteiger partial charge in [0.05, 0.1) is 0 Å². The van der Waals surface area contributed by atoms with Crippen LogP contribution in [0.4, 0.5) is 0 Å². The number of rotatable bonds is 2. The Balaban J connectivity index is 1.91. The fourth-order valence-electron chi connectivity index (χ4n) is 2.03. The van der Waals surface area contributed by atoms with E-state index in [9.17, 15) is 4.79 Å². The Morgan fingerprint density at radius 3 is 2.65 bits per heavy atom. The Morgan fingerprint density at radius 2 is 2.06 bits per heavy atom. The van der Waals surface area contributed by atoms with Crippen LogP contribution in [0.5, 0.6) is 0 Å². The molecule has 1 aromatic rings. The van der Waals surface area contributed by atoms with E-state index in [1.807, 2.05) is 6.07 Å². The smallest absolute Gasteiger partial charge is 0.270 e. The summed E-state index contributed by atoms with van der Waals surface area (Å²) in [6, 6.07) is 4.08. The highest BCUT2D eigenvalue weighted by Crippen LogP contribution is 2.17. The minimum absolute atomic E-state index is 0.0991. The molecular formula is C12H16BrN3O. The topological polar surface area (TPSA) is 68.0 Å². The van der Waals surface area contributed by atoms with Gasteiger partial charge in [-0.15, -0.1) is 0 Å². The van der Waals surface area contributed by atoms with Crippen molar-refractivity contribution in [3.63, 3.8) is 0 Å². The van der Waals surface area contributed by atoms with E-state index in [-0.39, 0.29) is 11.9 Å². The summed E-state index contributed by atoms with van der Waals surface area (Å²) in [6.45, 7) is 0. The zero-order valence-corrected chi connectivity index (χ0v) is 11.1. The van der Waals surface area contributed by atoms with E-state index in [0.717, 1.165) is 30.2 Å². The molecule has 92 valence electrons. The molecule has 0 atom stereocenters. The lowest BCUT2D eigenvalue weighted by molar-refractivity contribution is 0.0921. The zero-order valence-electron chi connectivity index (χ0n) is 9.53. The molecule has 0 radical (unpaired) electrons. The fraction of sp³-hybridized carbons (Fsp3) is 0.500. The predicted molar refractivity (Wildman–Crippen MR) is 69.6 cm³/mol. The van der Waals surface area contributed by atoms with Gasteiger partial charge in [-0.2, -0.15) is 0 Å². The van der Waals surface area contributed by atoms with E-state index in [4.69, 9.17) is 5.73 Å². The van der Waals surface area contributed by atoms with Gasteiger partial charge in [0.2, 0.25) is 0 Å². The highest BCUT2D eigenvalue weighted by atomic mass is 79.9. The zero-order chi connectivity index (χ0) is 12.3. The number of nitrogens with two attached hydrogens (primary N) is 1. The second-order valence-electron chi connectivity index (χ2n) is 4.45. The lowest BCUT2D eigenvalue weighted by Gasteiger charge is -2.26. The molecule has 0 saturated heterocycles. The van der Waals surface area contributed by atoms with Gasteiger partial charge in [-0.3, -0.25) is 4.79 Å². The van der Waals surface area contributed by atoms with Crippen molar-refractivity contribution in [1.82, 2.24) is 10.3 Å². The first-order valence-electron chi connectivity index (χ1n) is 5.83. The number of nitrogens with one attached hydrogen (secondary N) is 1. The first kappa shape index (κ1) is 12.5. The van der Waals surface area contributed by atoms with Crippen molar-refractivity contribution in [2.75, 3.05) is 0 Å². The van der Waals surface area contributed by atoms with E-state index in [0.29, 0.717) is 11.7 Å². The summed E-state index contributed by atoms with van der Waals surface area (Å²) in [7, 11) is 0. The number of pyridine rings is 1. The van der Waals surface area contributed by atoms with Crippen molar-refractivity contribution in [2.24, 2.45) is 5.73 Å². The number of nitrogens with zero attached hydrogens (tertiary/aromatic N) is 1. The summed E-state index contributed by atoms with van der Waals surface area (Å²) in [5, 5.41) is 3.00. The SMILES string of the molecule is NC1CCC(NC(=O)c2ccc(Br)cn2)CC1. The van der Waals surface area contributed by atoms with Crippen LogP contribution in [0.25, 0.3) is 0 Å². The molecule has 5 heteroatoms.